The molecule has 2 aliphatic rings. The van der Waals surface area contributed by atoms with Crippen molar-refractivity contribution in [3.63, 3.8) is 0 Å². The molecule has 2 aliphatic carbocycles. The van der Waals surface area contributed by atoms with Gasteiger partial charge >= 0.3 is 5.97 Å². The highest BCUT2D eigenvalue weighted by atomic mass is 16.6. The quantitative estimate of drug-likeness (QED) is 0.681. The summed E-state index contributed by atoms with van der Waals surface area (Å²) in [6.45, 7) is 6.20. The smallest absolute Gasteiger partial charge is 0.312 e. The van der Waals surface area contributed by atoms with Crippen molar-refractivity contribution < 1.29 is 9.53 Å². The molecule has 2 heteroatoms. The summed E-state index contributed by atoms with van der Waals surface area (Å²) in [7, 11) is 0. The summed E-state index contributed by atoms with van der Waals surface area (Å²) in [6.07, 6.45) is 7.73. The molecule has 0 aromatic heterocycles. The van der Waals surface area contributed by atoms with Crippen molar-refractivity contribution in [2.45, 2.75) is 71.3 Å². The second kappa shape index (κ2) is 4.05. The van der Waals surface area contributed by atoms with Crippen LogP contribution in [-0.2, 0) is 9.53 Å². The maximum absolute atomic E-state index is 12.3. The Morgan fingerprint density at radius 2 is 2.00 bits per heavy atom. The molecule has 0 amide bonds. The molecule has 92 valence electrons. The lowest BCUT2D eigenvalue weighted by atomic mass is 9.84. The average molecular weight is 224 g/mol. The van der Waals surface area contributed by atoms with Crippen molar-refractivity contribution in [2.24, 2.45) is 11.3 Å². The number of esters is 1. The van der Waals surface area contributed by atoms with Crippen LogP contribution in [-0.4, -0.2) is 11.6 Å². The van der Waals surface area contributed by atoms with Gasteiger partial charge in [-0.2, -0.15) is 0 Å². The molecule has 2 saturated carbocycles. The molecule has 16 heavy (non-hydrogen) atoms. The van der Waals surface area contributed by atoms with Gasteiger partial charge in [-0.25, -0.2) is 0 Å². The first kappa shape index (κ1) is 11.9. The van der Waals surface area contributed by atoms with E-state index in [1.165, 1.54) is 12.8 Å². The maximum Gasteiger partial charge on any atom is 0.312 e. The Kier molecular flexibility index (Phi) is 3.02. The van der Waals surface area contributed by atoms with Crippen LogP contribution in [0.2, 0.25) is 0 Å². The highest BCUT2D eigenvalue weighted by molar-refractivity contribution is 5.78. The third kappa shape index (κ3) is 2.11. The Morgan fingerprint density at radius 1 is 1.38 bits per heavy atom. The van der Waals surface area contributed by atoms with Crippen LogP contribution in [0.1, 0.15) is 65.7 Å². The Labute approximate surface area is 98.7 Å². The van der Waals surface area contributed by atoms with E-state index in [4.69, 9.17) is 4.74 Å². The second-order valence-corrected chi connectivity index (χ2v) is 6.33. The van der Waals surface area contributed by atoms with E-state index in [2.05, 4.69) is 6.92 Å². The Balaban J connectivity index is 1.98. The summed E-state index contributed by atoms with van der Waals surface area (Å²) in [5, 5.41) is 0. The summed E-state index contributed by atoms with van der Waals surface area (Å²) in [4.78, 5) is 12.3. The molecule has 2 rings (SSSR count). The van der Waals surface area contributed by atoms with Gasteiger partial charge in [-0.15, -0.1) is 0 Å². The number of carbonyl (C=O) groups is 1. The van der Waals surface area contributed by atoms with Crippen molar-refractivity contribution in [2.75, 3.05) is 0 Å². The number of fused-ring (bicyclic) bond motifs is 2. The molecule has 0 spiro atoms. The zero-order valence-corrected chi connectivity index (χ0v) is 10.8. The van der Waals surface area contributed by atoms with Gasteiger partial charge in [0.2, 0.25) is 0 Å². The lowest BCUT2D eigenvalue weighted by Gasteiger charge is -2.31. The minimum absolute atomic E-state index is 0.0876. The second-order valence-electron chi connectivity index (χ2n) is 6.33. The lowest BCUT2D eigenvalue weighted by molar-refractivity contribution is -0.169. The van der Waals surface area contributed by atoms with Gasteiger partial charge in [0.05, 0.1) is 5.41 Å². The molecule has 0 aromatic rings. The standard InChI is InChI=1S/C14H24O2/c1-4-7-13(2,3)16-12(15)14-8-5-11(10-14)6-9-14/h11H,4-10H2,1-3H3. The molecule has 0 atom stereocenters. The molecule has 0 N–H and O–H groups in total. The highest BCUT2D eigenvalue weighted by Gasteiger charge is 2.52. The minimum Gasteiger partial charge on any atom is -0.459 e. The molecule has 0 unspecified atom stereocenters. The van der Waals surface area contributed by atoms with Crippen LogP contribution in [0.4, 0.5) is 0 Å². The van der Waals surface area contributed by atoms with Crippen molar-refractivity contribution >= 4 is 5.97 Å². The SMILES string of the molecule is CCCC(C)(C)OC(=O)C12CCC(CC1)C2. The molecule has 0 saturated heterocycles. The van der Waals surface area contributed by atoms with E-state index in [1.54, 1.807) is 0 Å². The zero-order valence-electron chi connectivity index (χ0n) is 10.8. The van der Waals surface area contributed by atoms with E-state index in [0.29, 0.717) is 0 Å². The van der Waals surface area contributed by atoms with Crippen molar-refractivity contribution in [1.29, 1.82) is 0 Å². The van der Waals surface area contributed by atoms with Crippen LogP contribution in [0.5, 0.6) is 0 Å². The third-order valence-electron chi connectivity index (χ3n) is 4.40. The molecule has 2 bridgehead atoms. The van der Waals surface area contributed by atoms with Gasteiger partial charge in [-0.3, -0.25) is 4.79 Å². The van der Waals surface area contributed by atoms with Gasteiger partial charge < -0.3 is 4.74 Å². The zero-order chi connectivity index (χ0) is 11.8. The van der Waals surface area contributed by atoms with E-state index in [0.717, 1.165) is 38.0 Å². The fourth-order valence-electron chi connectivity index (χ4n) is 3.49. The minimum atomic E-state index is -0.277. The number of rotatable bonds is 4. The number of hydrogen-bond acceptors (Lipinski definition) is 2. The van der Waals surface area contributed by atoms with Gasteiger partial charge in [-0.1, -0.05) is 13.3 Å². The molecule has 0 radical (unpaired) electrons. The summed E-state index contributed by atoms with van der Waals surface area (Å²) >= 11 is 0. The summed E-state index contributed by atoms with van der Waals surface area (Å²) in [5.74, 6) is 0.896. The molecule has 2 nitrogen and oxygen atoms in total. The van der Waals surface area contributed by atoms with E-state index >= 15 is 0 Å². The Hall–Kier alpha value is -0.530. The predicted molar refractivity (Wildman–Crippen MR) is 64.1 cm³/mol. The molecular weight excluding hydrogens is 200 g/mol. The molecule has 2 fully saturated rings. The number of hydrogen-bond donors (Lipinski definition) is 0. The predicted octanol–water partition coefficient (Wildman–Crippen LogP) is 3.69. The first-order valence-electron chi connectivity index (χ1n) is 6.71. The Bertz CT molecular complexity index is 272. The van der Waals surface area contributed by atoms with Gasteiger partial charge in [0.1, 0.15) is 5.60 Å². The van der Waals surface area contributed by atoms with Crippen LogP contribution < -0.4 is 0 Å². The van der Waals surface area contributed by atoms with E-state index in [-0.39, 0.29) is 17.0 Å². The third-order valence-corrected chi connectivity index (χ3v) is 4.40. The van der Waals surface area contributed by atoms with E-state index in [9.17, 15) is 4.79 Å². The topological polar surface area (TPSA) is 26.3 Å². The summed E-state index contributed by atoms with van der Waals surface area (Å²) < 4.78 is 5.74. The lowest BCUT2D eigenvalue weighted by Crippen LogP contribution is -2.36. The van der Waals surface area contributed by atoms with Crippen LogP contribution >= 0.6 is 0 Å². The molecule has 0 aliphatic heterocycles. The van der Waals surface area contributed by atoms with Gasteiger partial charge in [0.25, 0.3) is 0 Å². The van der Waals surface area contributed by atoms with Crippen molar-refractivity contribution in [3.05, 3.63) is 0 Å². The Morgan fingerprint density at radius 3 is 2.44 bits per heavy atom. The largest absolute Gasteiger partial charge is 0.459 e. The number of ether oxygens (including phenoxy) is 1. The molecular formula is C14H24O2. The highest BCUT2D eigenvalue weighted by Crippen LogP contribution is 2.55. The monoisotopic (exact) mass is 224 g/mol. The van der Waals surface area contributed by atoms with Gasteiger partial charge in [0, 0.05) is 0 Å². The van der Waals surface area contributed by atoms with Crippen molar-refractivity contribution in [3.8, 4) is 0 Å². The fraction of sp³-hybridized carbons (Fsp3) is 0.929. The fourth-order valence-corrected chi connectivity index (χ4v) is 3.49. The molecule has 0 aromatic carbocycles. The molecule has 0 heterocycles. The van der Waals surface area contributed by atoms with E-state index < -0.39 is 0 Å². The van der Waals surface area contributed by atoms with Gasteiger partial charge in [0.15, 0.2) is 0 Å². The first-order valence-corrected chi connectivity index (χ1v) is 6.71. The first-order chi connectivity index (χ1) is 7.47. The van der Waals surface area contributed by atoms with E-state index in [1.807, 2.05) is 13.8 Å². The summed E-state index contributed by atoms with van der Waals surface area (Å²) in [5.41, 5.74) is -0.364. The van der Waals surface area contributed by atoms with Crippen LogP contribution in [0.15, 0.2) is 0 Å². The van der Waals surface area contributed by atoms with Crippen LogP contribution in [0.3, 0.4) is 0 Å². The van der Waals surface area contributed by atoms with Gasteiger partial charge in [-0.05, 0) is 58.3 Å². The van der Waals surface area contributed by atoms with Crippen LogP contribution in [0.25, 0.3) is 0 Å². The maximum atomic E-state index is 12.3. The average Bonchev–Trinajstić information content (AvgIpc) is 2.77. The normalized spacial score (nSPS) is 33.1. The van der Waals surface area contributed by atoms with Crippen molar-refractivity contribution in [1.82, 2.24) is 0 Å². The summed E-state index contributed by atoms with van der Waals surface area (Å²) in [6, 6.07) is 0. The number of carbonyl (C=O) groups excluding carboxylic acids is 1. The van der Waals surface area contributed by atoms with Crippen LogP contribution in [0, 0.1) is 11.3 Å².